The predicted molar refractivity (Wildman–Crippen MR) is 87.3 cm³/mol. The monoisotopic (exact) mass is 302 g/mol. The Kier molecular flexibility index (Phi) is 4.54. The smallest absolute Gasteiger partial charge is 0.222 e. The highest BCUT2D eigenvalue weighted by Crippen LogP contribution is 2.27. The third-order valence-electron chi connectivity index (χ3n) is 4.32. The van der Waals surface area contributed by atoms with Gasteiger partial charge in [0.2, 0.25) is 5.91 Å². The second-order valence-electron chi connectivity index (χ2n) is 6.03. The van der Waals surface area contributed by atoms with Crippen molar-refractivity contribution in [3.8, 4) is 0 Å². The van der Waals surface area contributed by atoms with E-state index in [2.05, 4.69) is 11.1 Å². The van der Waals surface area contributed by atoms with Gasteiger partial charge in [0.15, 0.2) is 0 Å². The summed E-state index contributed by atoms with van der Waals surface area (Å²) in [5.74, 6) is 0.866. The fraction of sp³-hybridized carbons (Fsp3) is 0.529. The molecule has 0 bridgehead atoms. The minimum atomic E-state index is 0.265. The lowest BCUT2D eigenvalue weighted by molar-refractivity contribution is -0.131. The van der Waals surface area contributed by atoms with Gasteiger partial charge < -0.3 is 4.90 Å². The molecular formula is C17H22N2OS. The van der Waals surface area contributed by atoms with E-state index in [1.54, 1.807) is 11.3 Å². The summed E-state index contributed by atoms with van der Waals surface area (Å²) in [7, 11) is 1.90. The highest BCUT2D eigenvalue weighted by atomic mass is 32.1. The zero-order chi connectivity index (χ0) is 14.7. The fourth-order valence-corrected chi connectivity index (χ4v) is 4.09. The van der Waals surface area contributed by atoms with E-state index in [1.165, 1.54) is 36.8 Å². The number of rotatable bonds is 4. The first kappa shape index (κ1) is 14.5. The molecule has 0 atom stereocenters. The molecule has 1 aromatic heterocycles. The molecule has 3 rings (SSSR count). The number of hydrogen-bond acceptors (Lipinski definition) is 3. The molecule has 1 aliphatic rings. The number of aromatic nitrogens is 1. The molecule has 0 aliphatic heterocycles. The van der Waals surface area contributed by atoms with E-state index in [4.69, 9.17) is 0 Å². The molecule has 0 radical (unpaired) electrons. The second-order valence-corrected chi connectivity index (χ2v) is 7.15. The van der Waals surface area contributed by atoms with Crippen LogP contribution in [0.5, 0.6) is 0 Å². The van der Waals surface area contributed by atoms with Crippen LogP contribution in [0.15, 0.2) is 24.3 Å². The second kappa shape index (κ2) is 6.56. The van der Waals surface area contributed by atoms with Crippen LogP contribution in [0.25, 0.3) is 10.2 Å². The Morgan fingerprint density at radius 2 is 2.05 bits per heavy atom. The maximum Gasteiger partial charge on any atom is 0.222 e. The molecule has 112 valence electrons. The van der Waals surface area contributed by atoms with Crippen molar-refractivity contribution in [1.82, 2.24) is 9.88 Å². The predicted octanol–water partition coefficient (Wildman–Crippen LogP) is 4.23. The molecule has 0 unspecified atom stereocenters. The van der Waals surface area contributed by atoms with E-state index in [0.717, 1.165) is 10.5 Å². The van der Waals surface area contributed by atoms with Gasteiger partial charge >= 0.3 is 0 Å². The molecule has 1 aliphatic carbocycles. The maximum atomic E-state index is 12.3. The number of fused-ring (bicyclic) bond motifs is 1. The molecule has 1 heterocycles. The number of benzene rings is 1. The SMILES string of the molecule is CN(Cc1nc2ccccc2s1)C(=O)CC1CCCCC1. The molecular weight excluding hydrogens is 280 g/mol. The Morgan fingerprint density at radius 3 is 2.81 bits per heavy atom. The first-order chi connectivity index (χ1) is 10.2. The van der Waals surface area contributed by atoms with E-state index < -0.39 is 0 Å². The average Bonchev–Trinajstić information content (AvgIpc) is 2.90. The Hall–Kier alpha value is -1.42. The van der Waals surface area contributed by atoms with Gasteiger partial charge in [-0.25, -0.2) is 4.98 Å². The van der Waals surface area contributed by atoms with Gasteiger partial charge in [0, 0.05) is 13.5 Å². The summed E-state index contributed by atoms with van der Waals surface area (Å²) in [5.41, 5.74) is 1.03. The Bertz CT molecular complexity index is 583. The van der Waals surface area contributed by atoms with Crippen molar-refractivity contribution in [1.29, 1.82) is 0 Å². The van der Waals surface area contributed by atoms with Crippen LogP contribution in [0.4, 0.5) is 0 Å². The minimum absolute atomic E-state index is 0.265. The van der Waals surface area contributed by atoms with E-state index in [0.29, 0.717) is 18.9 Å². The summed E-state index contributed by atoms with van der Waals surface area (Å²) in [6.45, 7) is 0.630. The van der Waals surface area contributed by atoms with Crippen molar-refractivity contribution in [2.45, 2.75) is 45.1 Å². The van der Waals surface area contributed by atoms with Crippen LogP contribution in [-0.4, -0.2) is 22.8 Å². The van der Waals surface area contributed by atoms with Gasteiger partial charge in [-0.2, -0.15) is 0 Å². The molecule has 1 aromatic carbocycles. The van der Waals surface area contributed by atoms with Crippen molar-refractivity contribution in [3.63, 3.8) is 0 Å². The van der Waals surface area contributed by atoms with Crippen LogP contribution in [0.3, 0.4) is 0 Å². The van der Waals surface area contributed by atoms with Gasteiger partial charge in [0.25, 0.3) is 0 Å². The first-order valence-corrected chi connectivity index (χ1v) is 8.62. The molecule has 3 nitrogen and oxygen atoms in total. The molecule has 21 heavy (non-hydrogen) atoms. The molecule has 1 amide bonds. The van der Waals surface area contributed by atoms with Crippen molar-refractivity contribution in [3.05, 3.63) is 29.3 Å². The Balaban J connectivity index is 1.59. The maximum absolute atomic E-state index is 12.3. The van der Waals surface area contributed by atoms with E-state index in [-0.39, 0.29) is 5.91 Å². The molecule has 0 saturated heterocycles. The zero-order valence-corrected chi connectivity index (χ0v) is 13.4. The van der Waals surface area contributed by atoms with Crippen LogP contribution in [0.1, 0.15) is 43.5 Å². The standard InChI is InChI=1S/C17H22N2OS/c1-19(17(20)11-13-7-3-2-4-8-13)12-16-18-14-9-5-6-10-15(14)21-16/h5-6,9-10,13H,2-4,7-8,11-12H2,1H3. The van der Waals surface area contributed by atoms with Gasteiger partial charge in [-0.3, -0.25) is 4.79 Å². The molecule has 0 spiro atoms. The topological polar surface area (TPSA) is 33.2 Å². The summed E-state index contributed by atoms with van der Waals surface area (Å²) in [6.07, 6.45) is 7.08. The summed E-state index contributed by atoms with van der Waals surface area (Å²) >= 11 is 1.68. The number of nitrogens with zero attached hydrogens (tertiary/aromatic N) is 2. The molecule has 1 saturated carbocycles. The summed E-state index contributed by atoms with van der Waals surface area (Å²) < 4.78 is 1.20. The van der Waals surface area contributed by atoms with Crippen molar-refractivity contribution >= 4 is 27.5 Å². The van der Waals surface area contributed by atoms with Gasteiger partial charge in [-0.05, 0) is 30.9 Å². The quantitative estimate of drug-likeness (QED) is 0.847. The molecule has 4 heteroatoms. The van der Waals surface area contributed by atoms with Gasteiger partial charge in [0.05, 0.1) is 16.8 Å². The largest absolute Gasteiger partial charge is 0.339 e. The number of para-hydroxylation sites is 1. The lowest BCUT2D eigenvalue weighted by Crippen LogP contribution is -2.28. The van der Waals surface area contributed by atoms with Crippen molar-refractivity contribution in [2.24, 2.45) is 5.92 Å². The van der Waals surface area contributed by atoms with Gasteiger partial charge in [-0.1, -0.05) is 31.4 Å². The van der Waals surface area contributed by atoms with Crippen LogP contribution in [-0.2, 0) is 11.3 Å². The normalized spacial score (nSPS) is 16.2. The molecule has 2 aromatic rings. The van der Waals surface area contributed by atoms with Crippen LogP contribution >= 0.6 is 11.3 Å². The van der Waals surface area contributed by atoms with Gasteiger partial charge in [-0.15, -0.1) is 11.3 Å². The number of amides is 1. The van der Waals surface area contributed by atoms with E-state index >= 15 is 0 Å². The van der Waals surface area contributed by atoms with Crippen molar-refractivity contribution in [2.75, 3.05) is 7.05 Å². The van der Waals surface area contributed by atoms with E-state index in [9.17, 15) is 4.79 Å². The summed E-state index contributed by atoms with van der Waals surface area (Å²) in [5, 5.41) is 1.02. The third kappa shape index (κ3) is 3.62. The van der Waals surface area contributed by atoms with Crippen molar-refractivity contribution < 1.29 is 4.79 Å². The van der Waals surface area contributed by atoms with Gasteiger partial charge in [0.1, 0.15) is 5.01 Å². The van der Waals surface area contributed by atoms with Crippen LogP contribution < -0.4 is 0 Å². The Labute approximate surface area is 130 Å². The number of thiazole rings is 1. The fourth-order valence-electron chi connectivity index (χ4n) is 3.07. The van der Waals surface area contributed by atoms with Crippen LogP contribution in [0, 0.1) is 5.92 Å². The lowest BCUT2D eigenvalue weighted by atomic mass is 9.87. The lowest BCUT2D eigenvalue weighted by Gasteiger charge is -2.23. The minimum Gasteiger partial charge on any atom is -0.339 e. The summed E-state index contributed by atoms with van der Waals surface area (Å²) in [4.78, 5) is 18.8. The molecule has 1 fully saturated rings. The number of carbonyl (C=O) groups is 1. The highest BCUT2D eigenvalue weighted by Gasteiger charge is 2.20. The zero-order valence-electron chi connectivity index (χ0n) is 12.5. The number of carbonyl (C=O) groups excluding carboxylic acids is 1. The highest BCUT2D eigenvalue weighted by molar-refractivity contribution is 7.18. The summed E-state index contributed by atoms with van der Waals surface area (Å²) in [6, 6.07) is 8.14. The Morgan fingerprint density at radius 1 is 1.29 bits per heavy atom. The number of hydrogen-bond donors (Lipinski definition) is 0. The van der Waals surface area contributed by atoms with Crippen LogP contribution in [0.2, 0.25) is 0 Å². The first-order valence-electron chi connectivity index (χ1n) is 7.81. The average molecular weight is 302 g/mol. The van der Waals surface area contributed by atoms with E-state index in [1.807, 2.05) is 30.1 Å². The third-order valence-corrected chi connectivity index (χ3v) is 5.35. The molecule has 0 N–H and O–H groups in total.